The van der Waals surface area contributed by atoms with Gasteiger partial charge in [-0.3, -0.25) is 0 Å². The molecule has 0 bridgehead atoms. The van der Waals surface area contributed by atoms with Crippen LogP contribution in [0, 0.1) is 5.92 Å². The van der Waals surface area contributed by atoms with Crippen molar-refractivity contribution in [2.24, 2.45) is 5.92 Å². The Labute approximate surface area is 106 Å². The van der Waals surface area contributed by atoms with Gasteiger partial charge in [-0.15, -0.1) is 0 Å². The molecule has 2 aromatic rings. The summed E-state index contributed by atoms with van der Waals surface area (Å²) >= 11 is 6.14. The summed E-state index contributed by atoms with van der Waals surface area (Å²) in [6.45, 7) is 2.33. The van der Waals surface area contributed by atoms with Gasteiger partial charge in [0.2, 0.25) is 0 Å². The molecule has 0 aliphatic carbocycles. The van der Waals surface area contributed by atoms with Crippen molar-refractivity contribution in [1.29, 1.82) is 0 Å². The zero-order valence-corrected chi connectivity index (χ0v) is 10.6. The van der Waals surface area contributed by atoms with Gasteiger partial charge in [-0.2, -0.15) is 0 Å². The maximum absolute atomic E-state index is 6.14. The molecule has 1 atom stereocenters. The van der Waals surface area contributed by atoms with E-state index in [1.807, 2.05) is 6.20 Å². The normalized spacial score (nSPS) is 20.9. The highest BCUT2D eigenvalue weighted by Crippen LogP contribution is 2.25. The number of rotatable bonds is 2. The lowest BCUT2D eigenvalue weighted by Gasteiger charge is -2.22. The van der Waals surface area contributed by atoms with Crippen LogP contribution >= 0.6 is 11.6 Å². The number of H-pyrrole nitrogens is 1. The van der Waals surface area contributed by atoms with Crippen LogP contribution < -0.4 is 5.32 Å². The number of nitrogens with one attached hydrogen (secondary N) is 2. The maximum atomic E-state index is 6.14. The fourth-order valence-electron chi connectivity index (χ4n) is 2.69. The van der Waals surface area contributed by atoms with E-state index < -0.39 is 0 Å². The molecule has 1 saturated heterocycles. The lowest BCUT2D eigenvalue weighted by molar-refractivity contribution is 0.376. The van der Waals surface area contributed by atoms with E-state index in [1.54, 1.807) is 0 Å². The second-order valence-electron chi connectivity index (χ2n) is 4.93. The number of aromatic nitrogens is 1. The third kappa shape index (κ3) is 2.33. The summed E-state index contributed by atoms with van der Waals surface area (Å²) < 4.78 is 0. The van der Waals surface area contributed by atoms with Gasteiger partial charge in [0.1, 0.15) is 0 Å². The van der Waals surface area contributed by atoms with Crippen LogP contribution in [-0.4, -0.2) is 18.1 Å². The fourth-order valence-corrected chi connectivity index (χ4v) is 2.90. The van der Waals surface area contributed by atoms with E-state index in [0.29, 0.717) is 0 Å². The van der Waals surface area contributed by atoms with E-state index in [0.717, 1.165) is 34.8 Å². The first-order chi connectivity index (χ1) is 8.33. The lowest BCUT2D eigenvalue weighted by atomic mass is 9.92. The fraction of sp³-hybridized carbons (Fsp3) is 0.429. The molecule has 1 unspecified atom stereocenters. The Morgan fingerprint density at radius 1 is 1.35 bits per heavy atom. The van der Waals surface area contributed by atoms with E-state index in [9.17, 15) is 0 Å². The van der Waals surface area contributed by atoms with Crippen molar-refractivity contribution < 1.29 is 0 Å². The molecule has 1 fully saturated rings. The van der Waals surface area contributed by atoms with Gasteiger partial charge in [-0.05, 0) is 56.0 Å². The molecular formula is C14H17ClN2. The Kier molecular flexibility index (Phi) is 3.08. The van der Waals surface area contributed by atoms with Gasteiger partial charge >= 0.3 is 0 Å². The molecule has 2 N–H and O–H groups in total. The van der Waals surface area contributed by atoms with Crippen molar-refractivity contribution in [2.45, 2.75) is 19.3 Å². The molecule has 0 amide bonds. The van der Waals surface area contributed by atoms with Gasteiger partial charge in [-0.25, -0.2) is 0 Å². The van der Waals surface area contributed by atoms with Gasteiger partial charge in [0.05, 0.1) is 5.02 Å². The number of piperidine rings is 1. The first-order valence-electron chi connectivity index (χ1n) is 6.29. The summed E-state index contributed by atoms with van der Waals surface area (Å²) in [6, 6.07) is 6.57. The highest BCUT2D eigenvalue weighted by molar-refractivity contribution is 6.35. The van der Waals surface area contributed by atoms with Crippen LogP contribution in [0.4, 0.5) is 0 Å². The van der Waals surface area contributed by atoms with Gasteiger partial charge < -0.3 is 10.3 Å². The molecule has 1 aromatic carbocycles. The number of hydrogen-bond donors (Lipinski definition) is 2. The van der Waals surface area contributed by atoms with Crippen molar-refractivity contribution in [3.05, 3.63) is 35.0 Å². The predicted molar refractivity (Wildman–Crippen MR) is 72.6 cm³/mol. The van der Waals surface area contributed by atoms with Crippen LogP contribution in [-0.2, 0) is 6.42 Å². The molecule has 17 heavy (non-hydrogen) atoms. The molecule has 1 aromatic heterocycles. The molecule has 0 radical (unpaired) electrons. The Hall–Kier alpha value is -0.990. The number of halogens is 1. The first-order valence-corrected chi connectivity index (χ1v) is 6.67. The Bertz CT molecular complexity index is 512. The van der Waals surface area contributed by atoms with E-state index in [4.69, 9.17) is 11.6 Å². The summed E-state index contributed by atoms with van der Waals surface area (Å²) in [5.41, 5.74) is 2.52. The smallest absolute Gasteiger partial charge is 0.0659 e. The largest absolute Gasteiger partial charge is 0.360 e. The van der Waals surface area contributed by atoms with Crippen molar-refractivity contribution >= 4 is 22.5 Å². The van der Waals surface area contributed by atoms with Crippen LogP contribution in [0.2, 0.25) is 5.02 Å². The molecule has 0 spiro atoms. The van der Waals surface area contributed by atoms with Crippen LogP contribution in [0.5, 0.6) is 0 Å². The molecule has 3 rings (SSSR count). The molecule has 1 aliphatic heterocycles. The van der Waals surface area contributed by atoms with Gasteiger partial charge in [0.25, 0.3) is 0 Å². The minimum Gasteiger partial charge on any atom is -0.360 e. The molecule has 90 valence electrons. The van der Waals surface area contributed by atoms with Crippen molar-refractivity contribution in [2.75, 3.05) is 13.1 Å². The average molecular weight is 249 g/mol. The minimum absolute atomic E-state index is 0.777. The molecule has 2 nitrogen and oxygen atoms in total. The number of aromatic amines is 1. The summed E-state index contributed by atoms with van der Waals surface area (Å²) in [4.78, 5) is 3.17. The van der Waals surface area contributed by atoms with Crippen LogP contribution in [0.15, 0.2) is 24.4 Å². The second-order valence-corrected chi connectivity index (χ2v) is 5.34. The Morgan fingerprint density at radius 2 is 2.29 bits per heavy atom. The number of benzene rings is 1. The van der Waals surface area contributed by atoms with E-state index in [-0.39, 0.29) is 0 Å². The van der Waals surface area contributed by atoms with E-state index >= 15 is 0 Å². The lowest BCUT2D eigenvalue weighted by Crippen LogP contribution is -2.30. The van der Waals surface area contributed by atoms with Crippen molar-refractivity contribution in [3.63, 3.8) is 0 Å². The van der Waals surface area contributed by atoms with Crippen LogP contribution in [0.25, 0.3) is 10.9 Å². The standard InChI is InChI=1S/C14H17ClN2/c15-13-9-17-14-4-3-10(7-12(13)14)6-11-2-1-5-16-8-11/h3-4,7,9,11,16-17H,1-2,5-6,8H2. The summed E-state index contributed by atoms with van der Waals surface area (Å²) in [7, 11) is 0. The predicted octanol–water partition coefficient (Wildman–Crippen LogP) is 3.36. The van der Waals surface area contributed by atoms with Crippen molar-refractivity contribution in [1.82, 2.24) is 10.3 Å². The van der Waals surface area contributed by atoms with Crippen LogP contribution in [0.1, 0.15) is 18.4 Å². The third-order valence-electron chi connectivity index (χ3n) is 3.62. The SMILES string of the molecule is Clc1c[nH]c2ccc(CC3CCCNC3)cc12. The Balaban J connectivity index is 1.82. The number of fused-ring (bicyclic) bond motifs is 1. The third-order valence-corrected chi connectivity index (χ3v) is 3.93. The maximum Gasteiger partial charge on any atom is 0.0659 e. The van der Waals surface area contributed by atoms with Crippen LogP contribution in [0.3, 0.4) is 0 Å². The topological polar surface area (TPSA) is 27.8 Å². The van der Waals surface area contributed by atoms with Gasteiger partial charge in [0, 0.05) is 17.1 Å². The van der Waals surface area contributed by atoms with Gasteiger partial charge in [0.15, 0.2) is 0 Å². The van der Waals surface area contributed by atoms with Gasteiger partial charge in [-0.1, -0.05) is 17.7 Å². The Morgan fingerprint density at radius 3 is 3.12 bits per heavy atom. The molecule has 1 aliphatic rings. The van der Waals surface area contributed by atoms with E-state index in [1.165, 1.54) is 24.9 Å². The first kappa shape index (κ1) is 11.1. The monoisotopic (exact) mass is 248 g/mol. The molecule has 3 heteroatoms. The minimum atomic E-state index is 0.777. The summed E-state index contributed by atoms with van der Waals surface area (Å²) in [5.74, 6) is 0.777. The zero-order valence-electron chi connectivity index (χ0n) is 9.80. The second kappa shape index (κ2) is 4.71. The van der Waals surface area contributed by atoms with E-state index in [2.05, 4.69) is 28.5 Å². The highest BCUT2D eigenvalue weighted by atomic mass is 35.5. The number of hydrogen-bond acceptors (Lipinski definition) is 1. The summed E-state index contributed by atoms with van der Waals surface area (Å²) in [5, 5.41) is 5.44. The highest BCUT2D eigenvalue weighted by Gasteiger charge is 2.13. The summed E-state index contributed by atoms with van der Waals surface area (Å²) in [6.07, 6.45) is 5.66. The molecule has 0 saturated carbocycles. The van der Waals surface area contributed by atoms with Crippen molar-refractivity contribution in [3.8, 4) is 0 Å². The molecular weight excluding hydrogens is 232 g/mol. The zero-order chi connectivity index (χ0) is 11.7. The average Bonchev–Trinajstić information content (AvgIpc) is 2.73. The quantitative estimate of drug-likeness (QED) is 0.838. The molecule has 2 heterocycles.